The summed E-state index contributed by atoms with van der Waals surface area (Å²) in [5.41, 5.74) is 8.35. The number of hydrogen-bond acceptors (Lipinski definition) is 3. The first-order valence-electron chi connectivity index (χ1n) is 7.11. The number of ether oxygens (including phenoxy) is 1. The van der Waals surface area contributed by atoms with E-state index in [0.717, 1.165) is 30.9 Å². The lowest BCUT2D eigenvalue weighted by Gasteiger charge is -2.28. The molecule has 1 aromatic rings. The molecule has 0 aliphatic carbocycles. The van der Waals surface area contributed by atoms with E-state index in [0.29, 0.717) is 11.8 Å². The number of anilines is 1. The topological polar surface area (TPSA) is 38.5 Å². The first kappa shape index (κ1) is 15.8. The summed E-state index contributed by atoms with van der Waals surface area (Å²) >= 11 is 0. The molecule has 1 aromatic carbocycles. The van der Waals surface area contributed by atoms with Gasteiger partial charge in [0.2, 0.25) is 0 Å². The van der Waals surface area contributed by atoms with E-state index in [2.05, 4.69) is 50.9 Å². The highest BCUT2D eigenvalue weighted by Crippen LogP contribution is 2.29. The van der Waals surface area contributed by atoms with E-state index in [4.69, 9.17) is 10.5 Å². The SMILES string of the molecule is CCc1ccc(OC)c(N(C)CC(CN)C(C)C)c1. The van der Waals surface area contributed by atoms with E-state index < -0.39 is 0 Å². The summed E-state index contributed by atoms with van der Waals surface area (Å²) in [7, 11) is 3.84. The van der Waals surface area contributed by atoms with Crippen molar-refractivity contribution in [1.82, 2.24) is 0 Å². The van der Waals surface area contributed by atoms with Gasteiger partial charge in [0.15, 0.2) is 0 Å². The molecule has 108 valence electrons. The van der Waals surface area contributed by atoms with E-state index in [-0.39, 0.29) is 0 Å². The van der Waals surface area contributed by atoms with Crippen LogP contribution in [-0.4, -0.2) is 27.2 Å². The number of rotatable bonds is 7. The van der Waals surface area contributed by atoms with Crippen LogP contribution in [0.25, 0.3) is 0 Å². The Morgan fingerprint density at radius 2 is 2.00 bits per heavy atom. The van der Waals surface area contributed by atoms with Crippen LogP contribution < -0.4 is 15.4 Å². The third kappa shape index (κ3) is 4.13. The third-order valence-corrected chi connectivity index (χ3v) is 3.82. The summed E-state index contributed by atoms with van der Waals surface area (Å²) in [6.07, 6.45) is 1.04. The highest BCUT2D eigenvalue weighted by molar-refractivity contribution is 5.59. The molecular formula is C16H28N2O. The third-order valence-electron chi connectivity index (χ3n) is 3.82. The molecule has 0 saturated carbocycles. The fraction of sp³-hybridized carbons (Fsp3) is 0.625. The molecule has 0 saturated heterocycles. The minimum absolute atomic E-state index is 0.500. The molecule has 0 radical (unpaired) electrons. The highest BCUT2D eigenvalue weighted by atomic mass is 16.5. The maximum absolute atomic E-state index is 5.87. The standard InChI is InChI=1S/C16H28N2O/c1-6-13-7-8-16(19-5)15(9-13)18(4)11-14(10-17)12(2)3/h7-9,12,14H,6,10-11,17H2,1-5H3. The van der Waals surface area contributed by atoms with Crippen molar-refractivity contribution in [3.05, 3.63) is 23.8 Å². The zero-order chi connectivity index (χ0) is 14.4. The molecule has 0 bridgehead atoms. The van der Waals surface area contributed by atoms with E-state index in [1.807, 2.05) is 0 Å². The predicted octanol–water partition coefficient (Wildman–Crippen LogP) is 2.92. The second-order valence-electron chi connectivity index (χ2n) is 5.48. The van der Waals surface area contributed by atoms with Crippen LogP contribution in [0.5, 0.6) is 5.75 Å². The van der Waals surface area contributed by atoms with E-state index in [1.54, 1.807) is 7.11 Å². The van der Waals surface area contributed by atoms with Crippen molar-refractivity contribution in [2.24, 2.45) is 17.6 Å². The van der Waals surface area contributed by atoms with Crippen molar-refractivity contribution >= 4 is 5.69 Å². The van der Waals surface area contributed by atoms with Gasteiger partial charge in [-0.1, -0.05) is 26.8 Å². The summed E-state index contributed by atoms with van der Waals surface area (Å²) in [5, 5.41) is 0. The number of aryl methyl sites for hydroxylation is 1. The maximum atomic E-state index is 5.87. The lowest BCUT2D eigenvalue weighted by atomic mass is 9.95. The van der Waals surface area contributed by atoms with Crippen molar-refractivity contribution in [2.45, 2.75) is 27.2 Å². The van der Waals surface area contributed by atoms with Crippen LogP contribution in [0.4, 0.5) is 5.69 Å². The minimum atomic E-state index is 0.500. The predicted molar refractivity (Wildman–Crippen MR) is 83.0 cm³/mol. The molecule has 0 aliphatic heterocycles. The van der Waals surface area contributed by atoms with Crippen molar-refractivity contribution in [1.29, 1.82) is 0 Å². The summed E-state index contributed by atoms with van der Waals surface area (Å²) < 4.78 is 5.47. The van der Waals surface area contributed by atoms with Gasteiger partial charge in [0.1, 0.15) is 5.75 Å². The Kier molecular flexibility index (Phi) is 6.16. The summed E-state index contributed by atoms with van der Waals surface area (Å²) in [6, 6.07) is 6.39. The Bertz CT molecular complexity index is 390. The second kappa shape index (κ2) is 7.39. The largest absolute Gasteiger partial charge is 0.495 e. The van der Waals surface area contributed by atoms with E-state index in [1.165, 1.54) is 5.56 Å². The molecule has 0 heterocycles. The lowest BCUT2D eigenvalue weighted by molar-refractivity contribution is 0.391. The molecule has 1 rings (SSSR count). The number of benzene rings is 1. The summed E-state index contributed by atoms with van der Waals surface area (Å²) in [6.45, 7) is 8.30. The molecule has 1 atom stereocenters. The van der Waals surface area contributed by atoms with E-state index in [9.17, 15) is 0 Å². The van der Waals surface area contributed by atoms with Crippen molar-refractivity contribution < 1.29 is 4.74 Å². The Morgan fingerprint density at radius 3 is 2.47 bits per heavy atom. The molecule has 3 nitrogen and oxygen atoms in total. The van der Waals surface area contributed by atoms with Gasteiger partial charge >= 0.3 is 0 Å². The maximum Gasteiger partial charge on any atom is 0.142 e. The number of nitrogens with zero attached hydrogens (tertiary/aromatic N) is 1. The molecule has 3 heteroatoms. The molecule has 19 heavy (non-hydrogen) atoms. The van der Waals surface area contributed by atoms with Crippen LogP contribution in [0.3, 0.4) is 0 Å². The van der Waals surface area contributed by atoms with Gasteiger partial charge in [-0.2, -0.15) is 0 Å². The quantitative estimate of drug-likeness (QED) is 0.823. The zero-order valence-electron chi connectivity index (χ0n) is 12.9. The van der Waals surface area contributed by atoms with Gasteiger partial charge in [-0.15, -0.1) is 0 Å². The normalized spacial score (nSPS) is 12.6. The summed E-state index contributed by atoms with van der Waals surface area (Å²) in [4.78, 5) is 2.26. The van der Waals surface area contributed by atoms with Crippen LogP contribution in [-0.2, 0) is 6.42 Å². The highest BCUT2D eigenvalue weighted by Gasteiger charge is 2.16. The zero-order valence-corrected chi connectivity index (χ0v) is 12.9. The molecular weight excluding hydrogens is 236 g/mol. The first-order chi connectivity index (χ1) is 9.03. The smallest absolute Gasteiger partial charge is 0.142 e. The van der Waals surface area contributed by atoms with Gasteiger partial charge in [0, 0.05) is 13.6 Å². The minimum Gasteiger partial charge on any atom is -0.495 e. The first-order valence-corrected chi connectivity index (χ1v) is 7.11. The monoisotopic (exact) mass is 264 g/mol. The number of nitrogens with two attached hydrogens (primary N) is 1. The Balaban J connectivity index is 2.93. The van der Waals surface area contributed by atoms with Gasteiger partial charge < -0.3 is 15.4 Å². The number of hydrogen-bond donors (Lipinski definition) is 1. The lowest BCUT2D eigenvalue weighted by Crippen LogP contribution is -2.33. The second-order valence-corrected chi connectivity index (χ2v) is 5.48. The average Bonchev–Trinajstić information content (AvgIpc) is 2.43. The fourth-order valence-corrected chi connectivity index (χ4v) is 2.26. The molecule has 0 amide bonds. The average molecular weight is 264 g/mol. The van der Waals surface area contributed by atoms with Gasteiger partial charge in [-0.25, -0.2) is 0 Å². The van der Waals surface area contributed by atoms with Crippen molar-refractivity contribution in [2.75, 3.05) is 32.1 Å². The molecule has 0 fully saturated rings. The van der Waals surface area contributed by atoms with Crippen LogP contribution >= 0.6 is 0 Å². The van der Waals surface area contributed by atoms with Crippen molar-refractivity contribution in [3.63, 3.8) is 0 Å². The van der Waals surface area contributed by atoms with Crippen LogP contribution in [0, 0.1) is 11.8 Å². The number of methoxy groups -OCH3 is 1. The van der Waals surface area contributed by atoms with Crippen LogP contribution in [0.2, 0.25) is 0 Å². The molecule has 1 unspecified atom stereocenters. The molecule has 0 spiro atoms. The molecule has 0 aliphatic rings. The van der Waals surface area contributed by atoms with Gasteiger partial charge in [0.25, 0.3) is 0 Å². The summed E-state index contributed by atoms with van der Waals surface area (Å²) in [5.74, 6) is 2.02. The Hall–Kier alpha value is -1.22. The molecule has 0 aromatic heterocycles. The van der Waals surface area contributed by atoms with Crippen LogP contribution in [0.15, 0.2) is 18.2 Å². The van der Waals surface area contributed by atoms with E-state index >= 15 is 0 Å². The van der Waals surface area contributed by atoms with Gasteiger partial charge in [-0.3, -0.25) is 0 Å². The Morgan fingerprint density at radius 1 is 1.32 bits per heavy atom. The van der Waals surface area contributed by atoms with Crippen molar-refractivity contribution in [3.8, 4) is 5.75 Å². The Labute approximate surface area is 117 Å². The van der Waals surface area contributed by atoms with Gasteiger partial charge in [-0.05, 0) is 42.5 Å². The molecule has 2 N–H and O–H groups in total. The fourth-order valence-electron chi connectivity index (χ4n) is 2.26. The van der Waals surface area contributed by atoms with Gasteiger partial charge in [0.05, 0.1) is 12.8 Å². The van der Waals surface area contributed by atoms with Crippen LogP contribution in [0.1, 0.15) is 26.3 Å².